The lowest BCUT2D eigenvalue weighted by Crippen LogP contribution is -2.63. The summed E-state index contributed by atoms with van der Waals surface area (Å²) in [5.74, 6) is 0.652. The second-order valence-electron chi connectivity index (χ2n) is 9.86. The van der Waals surface area contributed by atoms with Gasteiger partial charge in [-0.2, -0.15) is 0 Å². The van der Waals surface area contributed by atoms with Crippen molar-refractivity contribution in [3.8, 4) is 5.75 Å². The summed E-state index contributed by atoms with van der Waals surface area (Å²) < 4.78 is 5.25. The zero-order valence-corrected chi connectivity index (χ0v) is 19.5. The number of methoxy groups -OCH3 is 1. The Bertz CT molecular complexity index is 1000. The molecule has 2 aromatic carbocycles. The SMILES string of the molecule is COc1ccc(CNC(=O)C2c3ccccc3C(=O)N(C3CCCCC3)C23CCCC3)cc1. The summed E-state index contributed by atoms with van der Waals surface area (Å²) in [5, 5.41) is 3.22. The largest absolute Gasteiger partial charge is 0.497 e. The summed E-state index contributed by atoms with van der Waals surface area (Å²) in [4.78, 5) is 29.9. The molecular formula is C28H34N2O3. The molecule has 2 fully saturated rings. The zero-order valence-electron chi connectivity index (χ0n) is 19.5. The molecule has 0 aromatic heterocycles. The standard InChI is InChI=1S/C28H34N2O3/c1-33-22-15-13-20(14-16-22)19-29-26(31)25-23-11-5-6-12-24(23)27(32)30(21-9-3-2-4-10-21)28(25)17-7-8-18-28/h5-6,11-16,21,25H,2-4,7-10,17-19H2,1H3,(H,29,31). The highest BCUT2D eigenvalue weighted by Gasteiger charge is 2.57. The van der Waals surface area contributed by atoms with Gasteiger partial charge in [-0.25, -0.2) is 0 Å². The molecule has 1 spiro atoms. The van der Waals surface area contributed by atoms with E-state index in [1.165, 1.54) is 19.3 Å². The Hall–Kier alpha value is -2.82. The molecule has 1 N–H and O–H groups in total. The molecule has 2 saturated carbocycles. The monoisotopic (exact) mass is 446 g/mol. The molecule has 2 aromatic rings. The van der Waals surface area contributed by atoms with Crippen LogP contribution in [0.3, 0.4) is 0 Å². The van der Waals surface area contributed by atoms with Crippen LogP contribution in [-0.2, 0) is 11.3 Å². The Kier molecular flexibility index (Phi) is 6.13. The molecular weight excluding hydrogens is 412 g/mol. The van der Waals surface area contributed by atoms with Crippen molar-refractivity contribution in [3.63, 3.8) is 0 Å². The highest BCUT2D eigenvalue weighted by Crippen LogP contribution is 2.52. The molecule has 5 heteroatoms. The zero-order chi connectivity index (χ0) is 22.8. The summed E-state index contributed by atoms with van der Waals surface area (Å²) in [6.07, 6.45) is 9.64. The Morgan fingerprint density at radius 3 is 2.39 bits per heavy atom. The molecule has 33 heavy (non-hydrogen) atoms. The molecule has 1 unspecified atom stereocenters. The number of benzene rings is 2. The van der Waals surface area contributed by atoms with Crippen LogP contribution in [-0.4, -0.2) is 35.4 Å². The lowest BCUT2D eigenvalue weighted by Gasteiger charge is -2.54. The number of carbonyl (C=O) groups excluding carboxylic acids is 2. The average molecular weight is 447 g/mol. The molecule has 0 radical (unpaired) electrons. The van der Waals surface area contributed by atoms with Gasteiger partial charge in [0, 0.05) is 18.2 Å². The van der Waals surface area contributed by atoms with E-state index in [-0.39, 0.29) is 23.8 Å². The topological polar surface area (TPSA) is 58.6 Å². The van der Waals surface area contributed by atoms with Crippen LogP contribution in [0.1, 0.15) is 85.2 Å². The fraction of sp³-hybridized carbons (Fsp3) is 0.500. The molecule has 5 nitrogen and oxygen atoms in total. The average Bonchev–Trinajstić information content (AvgIpc) is 3.33. The number of hydrogen-bond acceptors (Lipinski definition) is 3. The number of fused-ring (bicyclic) bond motifs is 1. The van der Waals surface area contributed by atoms with Gasteiger partial charge in [-0.3, -0.25) is 9.59 Å². The lowest BCUT2D eigenvalue weighted by atomic mass is 9.69. The second kappa shape index (κ2) is 9.20. The molecule has 1 atom stereocenters. The summed E-state index contributed by atoms with van der Waals surface area (Å²) in [7, 11) is 1.65. The first-order valence-electron chi connectivity index (χ1n) is 12.5. The maximum atomic E-state index is 13.9. The summed E-state index contributed by atoms with van der Waals surface area (Å²) in [5.41, 5.74) is 2.25. The Morgan fingerprint density at radius 2 is 1.70 bits per heavy atom. The van der Waals surface area contributed by atoms with Gasteiger partial charge in [0.1, 0.15) is 5.75 Å². The van der Waals surface area contributed by atoms with Crippen molar-refractivity contribution in [2.75, 3.05) is 7.11 Å². The minimum absolute atomic E-state index is 0.0356. The molecule has 2 aliphatic carbocycles. The molecule has 174 valence electrons. The fourth-order valence-corrected chi connectivity index (χ4v) is 6.51. The first-order valence-corrected chi connectivity index (χ1v) is 12.5. The van der Waals surface area contributed by atoms with Crippen molar-refractivity contribution >= 4 is 11.8 Å². The van der Waals surface area contributed by atoms with Crippen molar-refractivity contribution in [3.05, 3.63) is 65.2 Å². The van der Waals surface area contributed by atoms with Crippen LogP contribution in [0.2, 0.25) is 0 Å². The number of hydrogen-bond donors (Lipinski definition) is 1. The van der Waals surface area contributed by atoms with E-state index in [0.29, 0.717) is 12.1 Å². The van der Waals surface area contributed by atoms with Gasteiger partial charge in [-0.05, 0) is 55.0 Å². The van der Waals surface area contributed by atoms with Crippen LogP contribution >= 0.6 is 0 Å². The summed E-state index contributed by atoms with van der Waals surface area (Å²) >= 11 is 0. The predicted molar refractivity (Wildman–Crippen MR) is 128 cm³/mol. The van der Waals surface area contributed by atoms with E-state index in [9.17, 15) is 9.59 Å². The number of amides is 2. The number of nitrogens with zero attached hydrogens (tertiary/aromatic N) is 1. The fourth-order valence-electron chi connectivity index (χ4n) is 6.51. The van der Waals surface area contributed by atoms with Gasteiger partial charge in [0.05, 0.1) is 18.6 Å². The second-order valence-corrected chi connectivity index (χ2v) is 9.86. The summed E-state index contributed by atoms with van der Waals surface area (Å²) in [6.45, 7) is 0.467. The van der Waals surface area contributed by atoms with Gasteiger partial charge in [0.25, 0.3) is 5.91 Å². The van der Waals surface area contributed by atoms with E-state index in [1.54, 1.807) is 7.11 Å². The van der Waals surface area contributed by atoms with Crippen LogP contribution < -0.4 is 10.1 Å². The van der Waals surface area contributed by atoms with Gasteiger partial charge in [-0.15, -0.1) is 0 Å². The van der Waals surface area contributed by atoms with Crippen LogP contribution in [0.5, 0.6) is 5.75 Å². The maximum absolute atomic E-state index is 13.9. The smallest absolute Gasteiger partial charge is 0.254 e. The highest BCUT2D eigenvalue weighted by atomic mass is 16.5. The minimum Gasteiger partial charge on any atom is -0.497 e. The van der Waals surface area contributed by atoms with Gasteiger partial charge in [0.2, 0.25) is 5.91 Å². The van der Waals surface area contributed by atoms with E-state index >= 15 is 0 Å². The third-order valence-corrected chi connectivity index (χ3v) is 8.04. The number of rotatable bonds is 5. The van der Waals surface area contributed by atoms with Crippen LogP contribution in [0.25, 0.3) is 0 Å². The maximum Gasteiger partial charge on any atom is 0.254 e. The Balaban J connectivity index is 1.49. The molecule has 5 rings (SSSR count). The van der Waals surface area contributed by atoms with E-state index in [4.69, 9.17) is 4.74 Å². The van der Waals surface area contributed by atoms with E-state index in [2.05, 4.69) is 10.2 Å². The lowest BCUT2D eigenvalue weighted by molar-refractivity contribution is -0.127. The van der Waals surface area contributed by atoms with E-state index in [1.807, 2.05) is 48.5 Å². The quantitative estimate of drug-likeness (QED) is 0.687. The predicted octanol–water partition coefficient (Wildman–Crippen LogP) is 5.20. The van der Waals surface area contributed by atoms with Crippen LogP contribution in [0.15, 0.2) is 48.5 Å². The third-order valence-electron chi connectivity index (χ3n) is 8.04. The number of ether oxygens (including phenoxy) is 1. The van der Waals surface area contributed by atoms with Crippen molar-refractivity contribution in [1.82, 2.24) is 10.2 Å². The molecule has 0 saturated heterocycles. The van der Waals surface area contributed by atoms with Crippen LogP contribution in [0, 0.1) is 0 Å². The van der Waals surface area contributed by atoms with Crippen LogP contribution in [0.4, 0.5) is 0 Å². The van der Waals surface area contributed by atoms with Gasteiger partial charge in [-0.1, -0.05) is 62.4 Å². The minimum atomic E-state index is -0.405. The van der Waals surface area contributed by atoms with Crippen molar-refractivity contribution < 1.29 is 14.3 Å². The molecule has 3 aliphatic rings. The normalized spacial score (nSPS) is 22.3. The van der Waals surface area contributed by atoms with Gasteiger partial charge in [0.15, 0.2) is 0 Å². The number of nitrogens with one attached hydrogen (secondary N) is 1. The van der Waals surface area contributed by atoms with Gasteiger partial charge >= 0.3 is 0 Å². The first kappa shape index (κ1) is 22.0. The van der Waals surface area contributed by atoms with E-state index in [0.717, 1.165) is 55.4 Å². The van der Waals surface area contributed by atoms with E-state index < -0.39 is 5.54 Å². The Labute approximate surface area is 196 Å². The molecule has 1 aliphatic heterocycles. The van der Waals surface area contributed by atoms with Crippen molar-refractivity contribution in [2.24, 2.45) is 0 Å². The van der Waals surface area contributed by atoms with Gasteiger partial charge < -0.3 is 15.0 Å². The third kappa shape index (κ3) is 3.92. The highest BCUT2D eigenvalue weighted by molar-refractivity contribution is 6.02. The van der Waals surface area contributed by atoms with Crippen molar-refractivity contribution in [1.29, 1.82) is 0 Å². The molecule has 0 bridgehead atoms. The molecule has 2 amide bonds. The first-order chi connectivity index (χ1) is 16.1. The molecule has 1 heterocycles. The summed E-state index contributed by atoms with van der Waals surface area (Å²) in [6, 6.07) is 15.9. The Morgan fingerprint density at radius 1 is 1.00 bits per heavy atom. The number of carbonyl (C=O) groups is 2. The van der Waals surface area contributed by atoms with Crippen molar-refractivity contribution in [2.45, 2.75) is 81.8 Å².